The first kappa shape index (κ1) is 39.0. The van der Waals surface area contributed by atoms with Crippen LogP contribution in [0.15, 0.2) is 133 Å². The van der Waals surface area contributed by atoms with Gasteiger partial charge >= 0.3 is 37.9 Å². The summed E-state index contributed by atoms with van der Waals surface area (Å²) < 4.78 is 0. The van der Waals surface area contributed by atoms with Crippen LogP contribution in [0.1, 0.15) is 43.0 Å². The van der Waals surface area contributed by atoms with Gasteiger partial charge in [0, 0.05) is 9.52 Å². The zero-order valence-electron chi connectivity index (χ0n) is 30.6. The van der Waals surface area contributed by atoms with Gasteiger partial charge in [0.05, 0.1) is 0 Å². The molecule has 0 amide bonds. The molecule has 8 aromatic rings. The molecule has 0 aliphatic rings. The molecule has 8 aromatic carbocycles. The molecule has 8 rings (SSSR count). The molecule has 0 aromatic heterocycles. The van der Waals surface area contributed by atoms with Crippen LogP contribution in [0, 0.1) is 20.8 Å². The maximum atomic E-state index is 4.93. The SMILES string of the molecule is CC[Si]CC.CCc1cc2c(-c3ccc4ccccc4c3)ccc(C)c2[cH-]1.Cc1cc2c(-c3ccc4ccccc4c3)ccc(C)c2[cH-]1.[Cl][Zr+2][Cl]. The van der Waals surface area contributed by atoms with E-state index in [9.17, 15) is 0 Å². The van der Waals surface area contributed by atoms with Crippen molar-refractivity contribution in [2.24, 2.45) is 0 Å². The number of rotatable bonds is 5. The first-order chi connectivity index (χ1) is 24.8. The van der Waals surface area contributed by atoms with E-state index in [1.54, 1.807) is 0 Å². The van der Waals surface area contributed by atoms with Gasteiger partial charge in [-0.3, -0.25) is 0 Å². The van der Waals surface area contributed by atoms with E-state index in [0.717, 1.165) is 6.42 Å². The summed E-state index contributed by atoms with van der Waals surface area (Å²) in [5.41, 5.74) is 10.7. The van der Waals surface area contributed by atoms with Gasteiger partial charge in [0.1, 0.15) is 0 Å². The van der Waals surface area contributed by atoms with Crippen LogP contribution in [-0.4, -0.2) is 9.52 Å². The van der Waals surface area contributed by atoms with Crippen LogP contribution < -0.4 is 0 Å². The third-order valence-electron chi connectivity index (χ3n) is 9.44. The van der Waals surface area contributed by atoms with Crippen molar-refractivity contribution in [1.82, 2.24) is 0 Å². The second-order valence-corrected chi connectivity index (χ2v) is 18.6. The van der Waals surface area contributed by atoms with Crippen molar-refractivity contribution in [3.05, 3.63) is 156 Å². The number of benzene rings is 6. The van der Waals surface area contributed by atoms with E-state index in [0.29, 0.717) is 0 Å². The molecule has 256 valence electrons. The minimum absolute atomic E-state index is 0.826. The third-order valence-corrected chi connectivity index (χ3v) is 10.4. The Hall–Kier alpha value is -3.26. The molecule has 0 unspecified atom stereocenters. The molecule has 4 heteroatoms. The van der Waals surface area contributed by atoms with Gasteiger partial charge in [0.2, 0.25) is 0 Å². The number of halogens is 2. The molecule has 0 aliphatic heterocycles. The fourth-order valence-electron chi connectivity index (χ4n) is 6.77. The van der Waals surface area contributed by atoms with E-state index in [2.05, 4.69) is 175 Å². The average Bonchev–Trinajstić information content (AvgIpc) is 3.78. The molecular formula is C47H46Cl2SiZr. The van der Waals surface area contributed by atoms with Crippen molar-refractivity contribution in [1.29, 1.82) is 0 Å². The Kier molecular flexibility index (Phi) is 14.5. The van der Waals surface area contributed by atoms with Gasteiger partial charge in [-0.2, -0.15) is 12.1 Å². The summed E-state index contributed by atoms with van der Waals surface area (Å²) in [4.78, 5) is 0. The summed E-state index contributed by atoms with van der Waals surface area (Å²) in [5.74, 6) is 0. The van der Waals surface area contributed by atoms with E-state index < -0.39 is 20.8 Å². The average molecular weight is 801 g/mol. The topological polar surface area (TPSA) is 0 Å². The monoisotopic (exact) mass is 798 g/mol. The van der Waals surface area contributed by atoms with E-state index in [-0.39, 0.29) is 0 Å². The van der Waals surface area contributed by atoms with Crippen molar-refractivity contribution in [2.75, 3.05) is 0 Å². The number of fused-ring (bicyclic) bond motifs is 4. The predicted octanol–water partition coefficient (Wildman–Crippen LogP) is 15.2. The summed E-state index contributed by atoms with van der Waals surface area (Å²) >= 11 is -0.826. The van der Waals surface area contributed by atoms with Crippen LogP contribution in [0.2, 0.25) is 12.1 Å². The first-order valence-electron chi connectivity index (χ1n) is 17.8. The van der Waals surface area contributed by atoms with Gasteiger partial charge in [-0.1, -0.05) is 150 Å². The molecule has 0 N–H and O–H groups in total. The predicted molar refractivity (Wildman–Crippen MR) is 227 cm³/mol. The zero-order valence-corrected chi connectivity index (χ0v) is 35.5. The van der Waals surface area contributed by atoms with Crippen molar-refractivity contribution >= 4 is 69.6 Å². The summed E-state index contributed by atoms with van der Waals surface area (Å²) in [6, 6.07) is 51.6. The van der Waals surface area contributed by atoms with Gasteiger partial charge in [0.25, 0.3) is 0 Å². The molecule has 0 bridgehead atoms. The van der Waals surface area contributed by atoms with Crippen LogP contribution in [0.5, 0.6) is 0 Å². The maximum absolute atomic E-state index is 4.93. The number of hydrogen-bond acceptors (Lipinski definition) is 0. The Morgan fingerprint density at radius 2 is 0.980 bits per heavy atom. The van der Waals surface area contributed by atoms with E-state index >= 15 is 0 Å². The fourth-order valence-corrected chi connectivity index (χ4v) is 7.27. The van der Waals surface area contributed by atoms with E-state index in [4.69, 9.17) is 17.0 Å². The van der Waals surface area contributed by atoms with Crippen LogP contribution in [0.4, 0.5) is 0 Å². The molecular weight excluding hydrogens is 755 g/mol. The van der Waals surface area contributed by atoms with Crippen molar-refractivity contribution < 1.29 is 20.8 Å². The molecule has 0 spiro atoms. The Bertz CT molecular complexity index is 2340. The Morgan fingerprint density at radius 3 is 1.43 bits per heavy atom. The molecule has 51 heavy (non-hydrogen) atoms. The van der Waals surface area contributed by atoms with Gasteiger partial charge in [-0.05, 0) is 51.2 Å². The van der Waals surface area contributed by atoms with E-state index in [1.807, 2.05) is 0 Å². The van der Waals surface area contributed by atoms with Crippen LogP contribution in [0.25, 0.3) is 65.3 Å². The molecule has 2 radical (unpaired) electrons. The van der Waals surface area contributed by atoms with Crippen molar-refractivity contribution in [3.63, 3.8) is 0 Å². The standard InChI is InChI=1S/C22H19.C21H17.C4H10Si.2ClH.Zr/c1-3-16-12-21-15(2)8-11-20(22(21)13-16)19-10-9-17-6-4-5-7-18(17)14-19;1-14-11-20-15(2)7-10-19(21(20)12-14)18-9-8-16-5-3-4-6-17(16)13-18;1-3-5-4-2;;;/h4-14H,3H2,1-2H3;3-13H,1-2H3;3-4H2,1-2H3;2*1H;/q2*-1;;;;+4/p-2. The fraction of sp³-hybridized carbons (Fsp3) is 0.191. The molecule has 0 nitrogen and oxygen atoms in total. The number of aryl methyl sites for hydroxylation is 4. The summed E-state index contributed by atoms with van der Waals surface area (Å²) in [5, 5.41) is 10.7. The van der Waals surface area contributed by atoms with Gasteiger partial charge < -0.3 is 0 Å². The molecule has 0 atom stereocenters. The summed E-state index contributed by atoms with van der Waals surface area (Å²) in [7, 11) is 11.1. The summed E-state index contributed by atoms with van der Waals surface area (Å²) in [6.07, 6.45) is 1.09. The van der Waals surface area contributed by atoms with Gasteiger partial charge in [-0.15, -0.1) is 68.1 Å². The normalized spacial score (nSPS) is 10.6. The molecule has 0 heterocycles. The second kappa shape index (κ2) is 19.0. The Morgan fingerprint density at radius 1 is 0.529 bits per heavy atom. The van der Waals surface area contributed by atoms with Crippen molar-refractivity contribution in [3.8, 4) is 22.3 Å². The van der Waals surface area contributed by atoms with Gasteiger partial charge in [0.15, 0.2) is 0 Å². The molecule has 0 fully saturated rings. The van der Waals surface area contributed by atoms with E-state index in [1.165, 1.54) is 109 Å². The van der Waals surface area contributed by atoms with Crippen LogP contribution in [0.3, 0.4) is 0 Å². The van der Waals surface area contributed by atoms with Gasteiger partial charge in [-0.25, -0.2) is 0 Å². The minimum atomic E-state index is -0.826. The zero-order chi connectivity index (χ0) is 36.3. The van der Waals surface area contributed by atoms with Crippen LogP contribution in [-0.2, 0) is 27.3 Å². The second-order valence-electron chi connectivity index (χ2n) is 12.9. The quantitative estimate of drug-likeness (QED) is 0.120. The third kappa shape index (κ3) is 9.60. The summed E-state index contributed by atoms with van der Waals surface area (Å²) in [6.45, 7) is 13.2. The Labute approximate surface area is 326 Å². The number of hydrogen-bond donors (Lipinski definition) is 0. The molecule has 0 saturated carbocycles. The van der Waals surface area contributed by atoms with Crippen molar-refractivity contribution in [2.45, 2.75) is 60.1 Å². The first-order valence-corrected chi connectivity index (χ1v) is 25.6. The molecule has 0 aliphatic carbocycles. The Balaban J connectivity index is 0.000000164. The van der Waals surface area contributed by atoms with Crippen LogP contribution >= 0.6 is 17.0 Å². The molecule has 0 saturated heterocycles.